The minimum absolute atomic E-state index is 0.0131. The van der Waals surface area contributed by atoms with Gasteiger partial charge in [-0.25, -0.2) is 0 Å². The second-order valence-electron chi connectivity index (χ2n) is 4.64. The fourth-order valence-electron chi connectivity index (χ4n) is 1.71. The van der Waals surface area contributed by atoms with Crippen LogP contribution in [0.1, 0.15) is 39.0 Å². The van der Waals surface area contributed by atoms with Gasteiger partial charge in [0.05, 0.1) is 0 Å². The van der Waals surface area contributed by atoms with Crippen LogP contribution in [0.25, 0.3) is 0 Å². The Morgan fingerprint density at radius 1 is 1.44 bits per heavy atom. The smallest absolute Gasteiger partial charge is 0.233 e. The highest BCUT2D eigenvalue weighted by Gasteiger charge is 2.53. The third kappa shape index (κ3) is 3.87. The Balaban J connectivity index is 2.11. The van der Waals surface area contributed by atoms with E-state index in [9.17, 15) is 4.79 Å². The van der Waals surface area contributed by atoms with Crippen molar-refractivity contribution in [3.8, 4) is 0 Å². The van der Waals surface area contributed by atoms with E-state index in [4.69, 9.17) is 15.7 Å². The van der Waals surface area contributed by atoms with Crippen molar-refractivity contribution in [3.05, 3.63) is 0 Å². The lowest BCUT2D eigenvalue weighted by atomic mass is 10.1. The quantitative estimate of drug-likeness (QED) is 0.187. The van der Waals surface area contributed by atoms with Gasteiger partial charge in [0, 0.05) is 19.8 Å². The van der Waals surface area contributed by atoms with E-state index in [1.54, 1.807) is 0 Å². The molecule has 1 saturated carbocycles. The number of nitrogens with two attached hydrogens (primary N) is 1. The number of rotatable bonds is 9. The van der Waals surface area contributed by atoms with Crippen molar-refractivity contribution in [3.63, 3.8) is 0 Å². The number of nitrogens with one attached hydrogen (secondary N) is 1. The summed E-state index contributed by atoms with van der Waals surface area (Å²) in [6.07, 6.45) is 4.28. The molecule has 0 atom stereocenters. The fourth-order valence-corrected chi connectivity index (χ4v) is 1.71. The zero-order valence-electron chi connectivity index (χ0n) is 10.9. The molecule has 0 heterocycles. The van der Waals surface area contributed by atoms with Gasteiger partial charge in [0.25, 0.3) is 0 Å². The molecule has 0 aliphatic heterocycles. The minimum atomic E-state index is -0.752. The lowest BCUT2D eigenvalue weighted by Gasteiger charge is -2.13. The van der Waals surface area contributed by atoms with E-state index >= 15 is 0 Å². The molecule has 0 aromatic carbocycles. The minimum Gasteiger partial charge on any atom is -0.409 e. The molecular weight excluding hydrogens is 234 g/mol. The maximum absolute atomic E-state index is 11.8. The molecule has 0 aromatic rings. The molecule has 0 aromatic heterocycles. The summed E-state index contributed by atoms with van der Waals surface area (Å²) in [5.74, 6) is -0.134. The molecule has 4 N–H and O–H groups in total. The Morgan fingerprint density at radius 2 is 2.11 bits per heavy atom. The van der Waals surface area contributed by atoms with Crippen molar-refractivity contribution in [1.29, 1.82) is 0 Å². The zero-order chi connectivity index (χ0) is 13.4. The second-order valence-corrected chi connectivity index (χ2v) is 4.64. The van der Waals surface area contributed by atoms with Crippen LogP contribution < -0.4 is 11.1 Å². The first-order valence-corrected chi connectivity index (χ1v) is 6.51. The number of nitrogens with zero attached hydrogens (tertiary/aromatic N) is 1. The van der Waals surface area contributed by atoms with E-state index in [0.717, 1.165) is 25.9 Å². The van der Waals surface area contributed by atoms with Crippen molar-refractivity contribution in [2.24, 2.45) is 16.3 Å². The standard InChI is InChI=1S/C12H23N3O3/c1-2-3-8-18-9-4-7-14-11(16)12(5-6-12)10(13)15-17/h17H,2-9H2,1H3,(H2,13,15)(H,14,16). The van der Waals surface area contributed by atoms with Crippen LogP contribution in [0.4, 0.5) is 0 Å². The van der Waals surface area contributed by atoms with Crippen LogP contribution in [-0.2, 0) is 9.53 Å². The highest BCUT2D eigenvalue weighted by Crippen LogP contribution is 2.45. The van der Waals surface area contributed by atoms with Gasteiger partial charge in [0.15, 0.2) is 5.84 Å². The van der Waals surface area contributed by atoms with Gasteiger partial charge in [0.2, 0.25) is 5.91 Å². The van der Waals surface area contributed by atoms with Gasteiger partial charge in [-0.05, 0) is 25.7 Å². The molecule has 6 heteroatoms. The van der Waals surface area contributed by atoms with Crippen molar-refractivity contribution >= 4 is 11.7 Å². The first-order chi connectivity index (χ1) is 8.67. The predicted molar refractivity (Wildman–Crippen MR) is 68.4 cm³/mol. The molecule has 1 amide bonds. The molecule has 0 bridgehead atoms. The summed E-state index contributed by atoms with van der Waals surface area (Å²) in [6, 6.07) is 0. The Kier molecular flexibility index (Phi) is 5.91. The molecule has 0 radical (unpaired) electrons. The largest absolute Gasteiger partial charge is 0.409 e. The second kappa shape index (κ2) is 7.20. The highest BCUT2D eigenvalue weighted by molar-refractivity contribution is 6.09. The third-order valence-corrected chi connectivity index (χ3v) is 3.18. The Bertz CT molecular complexity index is 301. The number of ether oxygens (including phenoxy) is 1. The van der Waals surface area contributed by atoms with Crippen LogP contribution in [0.15, 0.2) is 5.16 Å². The Hall–Kier alpha value is -1.30. The average molecular weight is 257 g/mol. The van der Waals surface area contributed by atoms with Crippen LogP contribution >= 0.6 is 0 Å². The van der Waals surface area contributed by atoms with Crippen molar-refractivity contribution in [2.75, 3.05) is 19.8 Å². The van der Waals surface area contributed by atoms with Crippen LogP contribution in [-0.4, -0.2) is 36.7 Å². The molecule has 1 aliphatic carbocycles. The summed E-state index contributed by atoms with van der Waals surface area (Å²) >= 11 is 0. The van der Waals surface area contributed by atoms with Crippen LogP contribution in [0.3, 0.4) is 0 Å². The van der Waals surface area contributed by atoms with Crippen molar-refractivity contribution in [1.82, 2.24) is 5.32 Å². The number of hydrogen-bond donors (Lipinski definition) is 3. The molecule has 6 nitrogen and oxygen atoms in total. The van der Waals surface area contributed by atoms with Crippen LogP contribution in [0.2, 0.25) is 0 Å². The first kappa shape index (κ1) is 14.8. The normalized spacial score (nSPS) is 17.5. The van der Waals surface area contributed by atoms with Crippen molar-refractivity contribution in [2.45, 2.75) is 39.0 Å². The van der Waals surface area contributed by atoms with E-state index < -0.39 is 5.41 Å². The van der Waals surface area contributed by atoms with Gasteiger partial charge < -0.3 is 21.0 Å². The SMILES string of the molecule is CCCCOCCCNC(=O)C1(C(N)=NO)CC1. The predicted octanol–water partition coefficient (Wildman–Crippen LogP) is 0.836. The Labute approximate surface area is 108 Å². The topological polar surface area (TPSA) is 96.9 Å². The van der Waals surface area contributed by atoms with E-state index in [0.29, 0.717) is 26.0 Å². The van der Waals surface area contributed by atoms with E-state index in [-0.39, 0.29) is 11.7 Å². The maximum Gasteiger partial charge on any atom is 0.233 e. The molecule has 1 rings (SSSR count). The number of amides is 1. The van der Waals surface area contributed by atoms with Crippen molar-refractivity contribution < 1.29 is 14.7 Å². The van der Waals surface area contributed by atoms with Gasteiger partial charge in [-0.3, -0.25) is 4.79 Å². The van der Waals surface area contributed by atoms with Gasteiger partial charge in [-0.15, -0.1) is 0 Å². The summed E-state index contributed by atoms with van der Waals surface area (Å²) in [4.78, 5) is 11.8. The summed E-state index contributed by atoms with van der Waals surface area (Å²) in [5.41, 5.74) is 4.76. The third-order valence-electron chi connectivity index (χ3n) is 3.18. The lowest BCUT2D eigenvalue weighted by molar-refractivity contribution is -0.124. The lowest BCUT2D eigenvalue weighted by Crippen LogP contribution is -2.41. The molecule has 0 unspecified atom stereocenters. The first-order valence-electron chi connectivity index (χ1n) is 6.51. The average Bonchev–Trinajstić information content (AvgIpc) is 3.18. The van der Waals surface area contributed by atoms with Crippen LogP contribution in [0, 0.1) is 5.41 Å². The van der Waals surface area contributed by atoms with E-state index in [1.165, 1.54) is 0 Å². The number of carbonyl (C=O) groups is 1. The summed E-state index contributed by atoms with van der Waals surface area (Å²) in [7, 11) is 0. The molecule has 0 spiro atoms. The monoisotopic (exact) mass is 257 g/mol. The van der Waals surface area contributed by atoms with Gasteiger partial charge >= 0.3 is 0 Å². The van der Waals surface area contributed by atoms with Gasteiger partial charge in [-0.1, -0.05) is 18.5 Å². The number of oxime groups is 1. The highest BCUT2D eigenvalue weighted by atomic mass is 16.5. The maximum atomic E-state index is 11.8. The van der Waals surface area contributed by atoms with Crippen LogP contribution in [0.5, 0.6) is 0 Å². The number of unbranched alkanes of at least 4 members (excludes halogenated alkanes) is 1. The molecule has 0 saturated heterocycles. The summed E-state index contributed by atoms with van der Waals surface area (Å²) in [6.45, 7) is 4.10. The van der Waals surface area contributed by atoms with E-state index in [2.05, 4.69) is 17.4 Å². The number of carbonyl (C=O) groups excluding carboxylic acids is 1. The fraction of sp³-hybridized carbons (Fsp3) is 0.833. The summed E-state index contributed by atoms with van der Waals surface area (Å²) < 4.78 is 5.39. The molecule has 104 valence electrons. The molecule has 1 fully saturated rings. The molecule has 1 aliphatic rings. The Morgan fingerprint density at radius 3 is 2.67 bits per heavy atom. The van der Waals surface area contributed by atoms with Gasteiger partial charge in [-0.2, -0.15) is 0 Å². The van der Waals surface area contributed by atoms with E-state index in [1.807, 2.05) is 0 Å². The molecule has 18 heavy (non-hydrogen) atoms. The number of amidine groups is 1. The zero-order valence-corrected chi connectivity index (χ0v) is 10.9. The number of hydrogen-bond acceptors (Lipinski definition) is 4. The molecular formula is C12H23N3O3. The summed E-state index contributed by atoms with van der Waals surface area (Å²) in [5, 5.41) is 14.3. The van der Waals surface area contributed by atoms with Gasteiger partial charge in [0.1, 0.15) is 5.41 Å².